The van der Waals surface area contributed by atoms with Gasteiger partial charge in [0, 0.05) is 16.2 Å². The lowest BCUT2D eigenvalue weighted by Gasteiger charge is -2.25. The predicted molar refractivity (Wildman–Crippen MR) is 74.9 cm³/mol. The van der Waals surface area contributed by atoms with Gasteiger partial charge in [-0.25, -0.2) is 0 Å². The van der Waals surface area contributed by atoms with Gasteiger partial charge in [-0.1, -0.05) is 56.8 Å². The molecule has 1 aromatic rings. The molecular formula is C13H21OPS. The van der Waals surface area contributed by atoms with E-state index in [-0.39, 0.29) is 11.3 Å². The van der Waals surface area contributed by atoms with Crippen LogP contribution in [-0.4, -0.2) is 11.3 Å². The molecule has 0 fully saturated rings. The van der Waals surface area contributed by atoms with Gasteiger partial charge in [-0.15, -0.1) is 0 Å². The zero-order valence-electron chi connectivity index (χ0n) is 10.7. The molecular weight excluding hydrogens is 235 g/mol. The molecule has 1 nitrogen and oxygen atoms in total. The molecule has 0 radical (unpaired) electrons. The summed E-state index contributed by atoms with van der Waals surface area (Å²) in [5.74, 6) is 0. The van der Waals surface area contributed by atoms with Crippen LogP contribution in [-0.2, 0) is 4.57 Å². The SMILES string of the molecule is Cc1ccc(SP(=O)(C(C)C)C(C)C)cc1. The topological polar surface area (TPSA) is 17.1 Å². The summed E-state index contributed by atoms with van der Waals surface area (Å²) < 4.78 is 12.8. The van der Waals surface area contributed by atoms with Gasteiger partial charge in [-0.2, -0.15) is 0 Å². The monoisotopic (exact) mass is 256 g/mol. The van der Waals surface area contributed by atoms with Gasteiger partial charge in [-0.3, -0.25) is 0 Å². The van der Waals surface area contributed by atoms with Crippen LogP contribution in [0.1, 0.15) is 33.3 Å². The third-order valence-electron chi connectivity index (χ3n) is 2.71. The minimum atomic E-state index is -2.18. The zero-order valence-corrected chi connectivity index (χ0v) is 12.4. The van der Waals surface area contributed by atoms with Crippen LogP contribution in [0, 0.1) is 6.92 Å². The summed E-state index contributed by atoms with van der Waals surface area (Å²) >= 11 is 1.57. The molecule has 16 heavy (non-hydrogen) atoms. The predicted octanol–water partition coefficient (Wildman–Crippen LogP) is 5.18. The van der Waals surface area contributed by atoms with Crippen LogP contribution in [0.5, 0.6) is 0 Å². The normalized spacial score (nSPS) is 12.4. The van der Waals surface area contributed by atoms with E-state index in [4.69, 9.17) is 0 Å². The van der Waals surface area contributed by atoms with E-state index in [9.17, 15) is 4.57 Å². The maximum Gasteiger partial charge on any atom is 0.148 e. The number of hydrogen-bond donors (Lipinski definition) is 0. The Kier molecular flexibility index (Phi) is 4.70. The maximum absolute atomic E-state index is 12.8. The lowest BCUT2D eigenvalue weighted by Crippen LogP contribution is -2.05. The zero-order chi connectivity index (χ0) is 12.3. The Morgan fingerprint density at radius 1 is 1.00 bits per heavy atom. The van der Waals surface area contributed by atoms with Crippen molar-refractivity contribution in [2.75, 3.05) is 0 Å². The van der Waals surface area contributed by atoms with Gasteiger partial charge in [0.2, 0.25) is 0 Å². The van der Waals surface area contributed by atoms with Crippen molar-refractivity contribution in [3.63, 3.8) is 0 Å². The Morgan fingerprint density at radius 2 is 1.44 bits per heavy atom. The molecule has 0 aromatic heterocycles. The van der Waals surface area contributed by atoms with E-state index in [1.165, 1.54) is 5.56 Å². The van der Waals surface area contributed by atoms with E-state index >= 15 is 0 Å². The molecule has 0 aliphatic rings. The van der Waals surface area contributed by atoms with Gasteiger partial charge < -0.3 is 4.57 Å². The summed E-state index contributed by atoms with van der Waals surface area (Å²) in [6.07, 6.45) is -2.18. The molecule has 0 aliphatic heterocycles. The van der Waals surface area contributed by atoms with E-state index in [1.54, 1.807) is 11.4 Å². The van der Waals surface area contributed by atoms with Crippen LogP contribution in [0.2, 0.25) is 0 Å². The number of aryl methyl sites for hydroxylation is 1. The molecule has 0 N–H and O–H groups in total. The van der Waals surface area contributed by atoms with E-state index < -0.39 is 6.34 Å². The van der Waals surface area contributed by atoms with E-state index in [0.29, 0.717) is 0 Å². The molecule has 0 spiro atoms. The molecule has 0 saturated heterocycles. The largest absolute Gasteiger partial charge is 0.311 e. The molecule has 0 unspecified atom stereocenters. The molecule has 0 amide bonds. The van der Waals surface area contributed by atoms with Gasteiger partial charge in [0.05, 0.1) is 0 Å². The van der Waals surface area contributed by atoms with Crippen molar-refractivity contribution < 1.29 is 4.57 Å². The average molecular weight is 256 g/mol. The first-order chi connectivity index (χ1) is 7.36. The van der Waals surface area contributed by atoms with Crippen LogP contribution in [0.25, 0.3) is 0 Å². The minimum Gasteiger partial charge on any atom is -0.311 e. The van der Waals surface area contributed by atoms with Crippen LogP contribution >= 0.6 is 17.7 Å². The first-order valence-corrected chi connectivity index (χ1v) is 8.98. The molecule has 90 valence electrons. The lowest BCUT2D eigenvalue weighted by molar-refractivity contribution is 0.573. The fourth-order valence-electron chi connectivity index (χ4n) is 1.57. The van der Waals surface area contributed by atoms with Crippen LogP contribution in [0.4, 0.5) is 0 Å². The Labute approximate surface area is 103 Å². The number of hydrogen-bond acceptors (Lipinski definition) is 2. The van der Waals surface area contributed by atoms with Gasteiger partial charge in [0.25, 0.3) is 0 Å². The molecule has 1 aromatic carbocycles. The summed E-state index contributed by atoms with van der Waals surface area (Å²) in [6.45, 7) is 10.3. The Morgan fingerprint density at radius 3 is 1.81 bits per heavy atom. The Hall–Kier alpha value is -0.200. The van der Waals surface area contributed by atoms with Crippen molar-refractivity contribution in [1.82, 2.24) is 0 Å². The van der Waals surface area contributed by atoms with Crippen molar-refractivity contribution >= 4 is 17.7 Å². The highest BCUT2D eigenvalue weighted by atomic mass is 32.7. The van der Waals surface area contributed by atoms with Gasteiger partial charge in [0.15, 0.2) is 0 Å². The smallest absolute Gasteiger partial charge is 0.148 e. The Bertz CT molecular complexity index is 369. The van der Waals surface area contributed by atoms with Crippen LogP contribution in [0.3, 0.4) is 0 Å². The van der Waals surface area contributed by atoms with E-state index in [2.05, 4.69) is 58.9 Å². The second kappa shape index (κ2) is 5.42. The highest BCUT2D eigenvalue weighted by molar-refractivity contribution is 8.58. The fourth-order valence-corrected chi connectivity index (χ4v) is 6.39. The molecule has 0 bridgehead atoms. The highest BCUT2D eigenvalue weighted by Crippen LogP contribution is 2.68. The van der Waals surface area contributed by atoms with Crippen LogP contribution in [0.15, 0.2) is 29.2 Å². The maximum atomic E-state index is 12.8. The fraction of sp³-hybridized carbons (Fsp3) is 0.538. The van der Waals surface area contributed by atoms with Crippen LogP contribution < -0.4 is 0 Å². The molecule has 0 heterocycles. The third-order valence-corrected chi connectivity index (χ3v) is 10.4. The second-order valence-electron chi connectivity index (χ2n) is 4.74. The third kappa shape index (κ3) is 3.15. The number of rotatable bonds is 4. The van der Waals surface area contributed by atoms with Gasteiger partial charge >= 0.3 is 0 Å². The molecule has 3 heteroatoms. The second-order valence-corrected chi connectivity index (χ2v) is 11.0. The summed E-state index contributed by atoms with van der Waals surface area (Å²) in [4.78, 5) is 1.12. The van der Waals surface area contributed by atoms with Crippen molar-refractivity contribution in [2.45, 2.75) is 50.8 Å². The first-order valence-electron chi connectivity index (χ1n) is 5.72. The van der Waals surface area contributed by atoms with Crippen molar-refractivity contribution in [3.8, 4) is 0 Å². The minimum absolute atomic E-state index is 0.235. The van der Waals surface area contributed by atoms with Gasteiger partial charge in [0.1, 0.15) is 6.34 Å². The summed E-state index contributed by atoms with van der Waals surface area (Å²) in [6, 6.07) is 8.29. The number of benzene rings is 1. The summed E-state index contributed by atoms with van der Waals surface area (Å²) in [7, 11) is 0. The van der Waals surface area contributed by atoms with Crippen molar-refractivity contribution in [1.29, 1.82) is 0 Å². The van der Waals surface area contributed by atoms with Gasteiger partial charge in [-0.05, 0) is 19.1 Å². The molecule has 0 atom stereocenters. The average Bonchev–Trinajstić information content (AvgIpc) is 2.20. The van der Waals surface area contributed by atoms with Crippen molar-refractivity contribution in [2.24, 2.45) is 0 Å². The van der Waals surface area contributed by atoms with E-state index in [0.717, 1.165) is 4.90 Å². The van der Waals surface area contributed by atoms with E-state index in [1.807, 2.05) is 0 Å². The summed E-state index contributed by atoms with van der Waals surface area (Å²) in [5, 5.41) is 0. The first kappa shape index (κ1) is 13.9. The Balaban J connectivity index is 2.93. The molecule has 1 rings (SSSR count). The quantitative estimate of drug-likeness (QED) is 0.690. The highest BCUT2D eigenvalue weighted by Gasteiger charge is 2.31. The standard InChI is InChI=1S/C13H21OPS/c1-10(2)15(14,11(3)4)16-13-8-6-12(5)7-9-13/h6-11H,1-5H3. The summed E-state index contributed by atoms with van der Waals surface area (Å²) in [5.41, 5.74) is 1.71. The molecule has 0 aliphatic carbocycles. The van der Waals surface area contributed by atoms with Crippen molar-refractivity contribution in [3.05, 3.63) is 29.8 Å². The molecule has 0 saturated carbocycles. The lowest BCUT2D eigenvalue weighted by atomic mass is 10.2.